The summed E-state index contributed by atoms with van der Waals surface area (Å²) in [5.41, 5.74) is 2.88. The van der Waals surface area contributed by atoms with Gasteiger partial charge >= 0.3 is 0 Å². The average Bonchev–Trinajstić information content (AvgIpc) is 3.04. The van der Waals surface area contributed by atoms with Crippen molar-refractivity contribution in [1.82, 2.24) is 5.16 Å². The summed E-state index contributed by atoms with van der Waals surface area (Å²) in [4.78, 5) is 12.1. The number of nitrogens with one attached hydrogen (secondary N) is 1. The molecule has 0 aliphatic heterocycles. The minimum Gasteiger partial charge on any atom is -0.392 e. The number of carbonyl (C=O) groups excluding carboxylic acids is 1. The fourth-order valence-electron chi connectivity index (χ4n) is 2.25. The van der Waals surface area contributed by atoms with Gasteiger partial charge in [-0.1, -0.05) is 47.6 Å². The minimum absolute atomic E-state index is 0.0621. The highest BCUT2D eigenvalue weighted by Gasteiger charge is 2.11. The molecular formula is C18H16N2O3. The van der Waals surface area contributed by atoms with Crippen LogP contribution < -0.4 is 5.32 Å². The molecule has 0 atom stereocenters. The summed E-state index contributed by atoms with van der Waals surface area (Å²) in [5, 5.41) is 15.8. The fourth-order valence-corrected chi connectivity index (χ4v) is 2.25. The van der Waals surface area contributed by atoms with Crippen molar-refractivity contribution in [3.05, 3.63) is 71.9 Å². The Morgan fingerprint density at radius 2 is 1.91 bits per heavy atom. The second-order valence-electron chi connectivity index (χ2n) is 5.13. The van der Waals surface area contributed by atoms with Crippen molar-refractivity contribution in [2.24, 2.45) is 0 Å². The SMILES string of the molecule is O=C(Cc1cc(-c2ccccc2)on1)Nc1cccc(CO)c1. The van der Waals surface area contributed by atoms with Gasteiger partial charge in [-0.15, -0.1) is 0 Å². The molecule has 0 unspecified atom stereocenters. The number of rotatable bonds is 5. The second kappa shape index (κ2) is 6.89. The lowest BCUT2D eigenvalue weighted by Gasteiger charge is -2.05. The molecule has 0 saturated carbocycles. The van der Waals surface area contributed by atoms with Crippen LogP contribution in [0.2, 0.25) is 0 Å². The Morgan fingerprint density at radius 1 is 1.09 bits per heavy atom. The maximum atomic E-state index is 12.1. The zero-order chi connectivity index (χ0) is 16.1. The normalized spacial score (nSPS) is 10.5. The second-order valence-corrected chi connectivity index (χ2v) is 5.13. The number of aromatic nitrogens is 1. The lowest BCUT2D eigenvalue weighted by molar-refractivity contribution is -0.115. The van der Waals surface area contributed by atoms with Crippen LogP contribution >= 0.6 is 0 Å². The number of carbonyl (C=O) groups is 1. The van der Waals surface area contributed by atoms with Crippen molar-refractivity contribution in [2.45, 2.75) is 13.0 Å². The van der Waals surface area contributed by atoms with E-state index < -0.39 is 0 Å². The molecule has 3 rings (SSSR count). The molecule has 1 amide bonds. The van der Waals surface area contributed by atoms with Crippen molar-refractivity contribution >= 4 is 11.6 Å². The topological polar surface area (TPSA) is 75.4 Å². The Balaban J connectivity index is 1.65. The number of hydrogen-bond donors (Lipinski definition) is 2. The first-order valence-electron chi connectivity index (χ1n) is 7.25. The van der Waals surface area contributed by atoms with Crippen molar-refractivity contribution < 1.29 is 14.4 Å². The van der Waals surface area contributed by atoms with Gasteiger partial charge in [0.2, 0.25) is 5.91 Å². The predicted molar refractivity (Wildman–Crippen MR) is 86.6 cm³/mol. The van der Waals surface area contributed by atoms with Gasteiger partial charge in [-0.3, -0.25) is 4.79 Å². The summed E-state index contributed by atoms with van der Waals surface area (Å²) in [5.74, 6) is 0.448. The van der Waals surface area contributed by atoms with Crippen LogP contribution in [0, 0.1) is 0 Å². The Morgan fingerprint density at radius 3 is 2.70 bits per heavy atom. The van der Waals surface area contributed by atoms with Crippen LogP contribution in [0.3, 0.4) is 0 Å². The number of amides is 1. The maximum Gasteiger partial charge on any atom is 0.230 e. The van der Waals surface area contributed by atoms with Gasteiger partial charge < -0.3 is 14.9 Å². The lowest BCUT2D eigenvalue weighted by atomic mass is 10.1. The first-order chi connectivity index (χ1) is 11.2. The van der Waals surface area contributed by atoms with Gasteiger partial charge in [-0.2, -0.15) is 0 Å². The molecule has 0 spiro atoms. The fraction of sp³-hybridized carbons (Fsp3) is 0.111. The zero-order valence-electron chi connectivity index (χ0n) is 12.4. The third kappa shape index (κ3) is 3.84. The number of nitrogens with zero attached hydrogens (tertiary/aromatic N) is 1. The summed E-state index contributed by atoms with van der Waals surface area (Å²) in [6.45, 7) is -0.0621. The van der Waals surface area contributed by atoms with Crippen LogP contribution in [0.5, 0.6) is 0 Å². The van der Waals surface area contributed by atoms with E-state index in [1.54, 1.807) is 30.3 Å². The molecule has 0 aliphatic carbocycles. The molecule has 1 heterocycles. The highest BCUT2D eigenvalue weighted by molar-refractivity contribution is 5.92. The van der Waals surface area contributed by atoms with E-state index in [9.17, 15) is 4.79 Å². The Hall–Kier alpha value is -2.92. The van der Waals surface area contributed by atoms with E-state index in [1.807, 2.05) is 30.3 Å². The molecule has 1 aromatic heterocycles. The maximum absolute atomic E-state index is 12.1. The first kappa shape index (κ1) is 15.0. The standard InChI is InChI=1S/C18H16N2O3/c21-12-13-5-4-8-15(9-13)19-18(22)11-16-10-17(23-20-16)14-6-2-1-3-7-14/h1-10,21H,11-12H2,(H,19,22). The monoisotopic (exact) mass is 308 g/mol. The molecule has 2 N–H and O–H groups in total. The van der Waals surface area contributed by atoms with E-state index in [4.69, 9.17) is 9.63 Å². The number of aliphatic hydroxyl groups excluding tert-OH is 1. The molecule has 3 aromatic rings. The zero-order valence-corrected chi connectivity index (χ0v) is 12.4. The van der Waals surface area contributed by atoms with Crippen LogP contribution in [0.15, 0.2) is 65.2 Å². The molecule has 0 aliphatic rings. The Labute approximate surface area is 133 Å². The van der Waals surface area contributed by atoms with Gasteiger partial charge in [0.05, 0.1) is 18.7 Å². The largest absolute Gasteiger partial charge is 0.392 e. The van der Waals surface area contributed by atoms with E-state index in [0.29, 0.717) is 17.1 Å². The third-order valence-corrected chi connectivity index (χ3v) is 3.35. The van der Waals surface area contributed by atoms with E-state index in [2.05, 4.69) is 10.5 Å². The smallest absolute Gasteiger partial charge is 0.230 e. The van der Waals surface area contributed by atoms with E-state index in [0.717, 1.165) is 11.1 Å². The summed E-state index contributed by atoms with van der Waals surface area (Å²) in [7, 11) is 0. The molecule has 0 saturated heterocycles. The van der Waals surface area contributed by atoms with Crippen LogP contribution in [-0.2, 0) is 17.8 Å². The van der Waals surface area contributed by atoms with Crippen molar-refractivity contribution in [3.63, 3.8) is 0 Å². The lowest BCUT2D eigenvalue weighted by Crippen LogP contribution is -2.14. The van der Waals surface area contributed by atoms with Crippen LogP contribution in [0.25, 0.3) is 11.3 Å². The van der Waals surface area contributed by atoms with Crippen LogP contribution in [0.1, 0.15) is 11.3 Å². The third-order valence-electron chi connectivity index (χ3n) is 3.35. The van der Waals surface area contributed by atoms with Crippen molar-refractivity contribution in [2.75, 3.05) is 5.32 Å². The molecule has 5 heteroatoms. The summed E-state index contributed by atoms with van der Waals surface area (Å²) in [6, 6.07) is 18.4. The minimum atomic E-state index is -0.187. The van der Waals surface area contributed by atoms with Gasteiger partial charge in [0.1, 0.15) is 0 Å². The quantitative estimate of drug-likeness (QED) is 0.759. The number of aliphatic hydroxyl groups is 1. The molecular weight excluding hydrogens is 292 g/mol. The van der Waals surface area contributed by atoms with E-state index in [1.165, 1.54) is 0 Å². The van der Waals surface area contributed by atoms with Gasteiger partial charge in [0.25, 0.3) is 0 Å². The molecule has 116 valence electrons. The van der Waals surface area contributed by atoms with Crippen molar-refractivity contribution in [1.29, 1.82) is 0 Å². The molecule has 23 heavy (non-hydrogen) atoms. The summed E-state index contributed by atoms with van der Waals surface area (Å²) in [6.07, 6.45) is 0.125. The molecule has 0 bridgehead atoms. The predicted octanol–water partition coefficient (Wildman–Crippen LogP) is 3.02. The highest BCUT2D eigenvalue weighted by Crippen LogP contribution is 2.20. The average molecular weight is 308 g/mol. The molecule has 0 radical (unpaired) electrons. The van der Waals surface area contributed by atoms with E-state index >= 15 is 0 Å². The molecule has 0 fully saturated rings. The number of benzene rings is 2. The molecule has 5 nitrogen and oxygen atoms in total. The van der Waals surface area contributed by atoms with Gasteiger partial charge in [0.15, 0.2) is 5.76 Å². The van der Waals surface area contributed by atoms with Gasteiger partial charge in [0, 0.05) is 17.3 Å². The van der Waals surface area contributed by atoms with Gasteiger partial charge in [-0.05, 0) is 17.7 Å². The van der Waals surface area contributed by atoms with Gasteiger partial charge in [-0.25, -0.2) is 0 Å². The molecule has 2 aromatic carbocycles. The van der Waals surface area contributed by atoms with E-state index in [-0.39, 0.29) is 18.9 Å². The summed E-state index contributed by atoms with van der Waals surface area (Å²) < 4.78 is 5.28. The van der Waals surface area contributed by atoms with Crippen LogP contribution in [0.4, 0.5) is 5.69 Å². The van der Waals surface area contributed by atoms with Crippen LogP contribution in [-0.4, -0.2) is 16.2 Å². The Kier molecular flexibility index (Phi) is 4.49. The first-order valence-corrected chi connectivity index (χ1v) is 7.25. The Bertz CT molecular complexity index is 797. The van der Waals surface area contributed by atoms with Crippen molar-refractivity contribution in [3.8, 4) is 11.3 Å². The highest BCUT2D eigenvalue weighted by atomic mass is 16.5. The number of hydrogen-bond acceptors (Lipinski definition) is 4. The number of anilines is 1. The summed E-state index contributed by atoms with van der Waals surface area (Å²) >= 11 is 0.